The lowest BCUT2D eigenvalue weighted by molar-refractivity contribution is -0.143. The maximum atomic E-state index is 12.3. The topological polar surface area (TPSA) is 86.1 Å². The minimum Gasteiger partial charge on any atom is -0.334 e. The van der Waals surface area contributed by atoms with Crippen molar-refractivity contribution in [3.63, 3.8) is 0 Å². The Bertz CT molecular complexity index is 757. The number of pyridine rings is 1. The van der Waals surface area contributed by atoms with E-state index in [1.54, 1.807) is 36.7 Å². The summed E-state index contributed by atoms with van der Waals surface area (Å²) >= 11 is 1.04. The highest BCUT2D eigenvalue weighted by molar-refractivity contribution is 8.03. The molecule has 2 amide bonds. The molecule has 1 aromatic carbocycles. The third-order valence-electron chi connectivity index (χ3n) is 3.56. The molecule has 2 aromatic rings. The first-order chi connectivity index (χ1) is 12.1. The molecule has 2 rings (SSSR count). The second kappa shape index (κ2) is 9.45. The summed E-state index contributed by atoms with van der Waals surface area (Å²) in [5.74, 6) is -1.23. The van der Waals surface area contributed by atoms with Gasteiger partial charge >= 0.3 is 11.8 Å². The summed E-state index contributed by atoms with van der Waals surface area (Å²) in [6.07, 6.45) is 4.07. The predicted molar refractivity (Wildman–Crippen MR) is 96.7 cm³/mol. The molecule has 128 valence electrons. The van der Waals surface area contributed by atoms with Crippen molar-refractivity contribution in [2.24, 2.45) is 0 Å². The molecular formula is C18H18N4O2S. The molecule has 0 spiro atoms. The number of rotatable bonds is 6. The lowest BCUT2D eigenvalue weighted by Crippen LogP contribution is -2.40. The van der Waals surface area contributed by atoms with Crippen LogP contribution in [0.3, 0.4) is 0 Å². The van der Waals surface area contributed by atoms with Gasteiger partial charge in [0.15, 0.2) is 0 Å². The molecule has 1 heterocycles. The number of benzene rings is 1. The van der Waals surface area contributed by atoms with E-state index in [9.17, 15) is 9.59 Å². The molecule has 0 radical (unpaired) electrons. The highest BCUT2D eigenvalue weighted by Gasteiger charge is 2.20. The zero-order valence-corrected chi connectivity index (χ0v) is 14.6. The Balaban J connectivity index is 1.92. The van der Waals surface area contributed by atoms with Crippen molar-refractivity contribution < 1.29 is 9.59 Å². The maximum Gasteiger partial charge on any atom is 0.313 e. The van der Waals surface area contributed by atoms with Crippen LogP contribution in [0.15, 0.2) is 53.7 Å². The Labute approximate surface area is 150 Å². The summed E-state index contributed by atoms with van der Waals surface area (Å²) in [6, 6.07) is 10.5. The summed E-state index contributed by atoms with van der Waals surface area (Å²) in [7, 11) is 0. The van der Waals surface area contributed by atoms with Crippen LogP contribution < -0.4 is 5.32 Å². The molecule has 0 unspecified atom stereocenters. The van der Waals surface area contributed by atoms with Crippen LogP contribution in [0.5, 0.6) is 0 Å². The van der Waals surface area contributed by atoms with Crippen LogP contribution in [0, 0.1) is 10.7 Å². The molecule has 0 fully saturated rings. The number of nitriles is 1. The number of nitrogens with one attached hydrogen (secondary N) is 1. The largest absolute Gasteiger partial charge is 0.334 e. The number of amides is 2. The Kier molecular flexibility index (Phi) is 6.99. The van der Waals surface area contributed by atoms with Crippen LogP contribution in [-0.4, -0.2) is 34.8 Å². The number of carbonyl (C=O) groups is 2. The molecule has 0 aliphatic rings. The van der Waals surface area contributed by atoms with Gasteiger partial charge in [0.05, 0.1) is 0 Å². The first kappa shape index (κ1) is 18.5. The second-order valence-electron chi connectivity index (χ2n) is 5.16. The number of hydrogen-bond acceptors (Lipinski definition) is 5. The van der Waals surface area contributed by atoms with Gasteiger partial charge in [-0.15, -0.1) is 0 Å². The van der Waals surface area contributed by atoms with E-state index in [-0.39, 0.29) is 0 Å². The van der Waals surface area contributed by atoms with E-state index in [1.165, 1.54) is 4.90 Å². The zero-order chi connectivity index (χ0) is 18.1. The lowest BCUT2D eigenvalue weighted by Gasteiger charge is -2.20. The van der Waals surface area contributed by atoms with Crippen LogP contribution in [0.4, 0.5) is 5.69 Å². The number of hydrogen-bond donors (Lipinski definition) is 1. The maximum absolute atomic E-state index is 12.3. The van der Waals surface area contributed by atoms with E-state index in [0.29, 0.717) is 25.2 Å². The fraction of sp³-hybridized carbons (Fsp3) is 0.222. The molecule has 1 aromatic heterocycles. The summed E-state index contributed by atoms with van der Waals surface area (Å²) in [5, 5.41) is 13.2. The summed E-state index contributed by atoms with van der Waals surface area (Å²) in [4.78, 5) is 30.7. The number of likely N-dealkylation sites (N-methyl/N-ethyl adjacent to an activating group) is 1. The van der Waals surface area contributed by atoms with Crippen molar-refractivity contribution in [1.82, 2.24) is 9.88 Å². The van der Waals surface area contributed by atoms with Gasteiger partial charge in [-0.3, -0.25) is 14.6 Å². The smallest absolute Gasteiger partial charge is 0.313 e. The Morgan fingerprint density at radius 3 is 2.48 bits per heavy atom. The SMILES string of the molecule is CCN(CCc1ccncc1)C(=O)C(=O)Nc1ccc(SC#N)cc1. The molecule has 0 aliphatic heterocycles. The minimum absolute atomic E-state index is 0.453. The van der Waals surface area contributed by atoms with Crippen molar-refractivity contribution in [3.05, 3.63) is 54.4 Å². The molecule has 7 heteroatoms. The van der Waals surface area contributed by atoms with Gasteiger partial charge < -0.3 is 10.2 Å². The first-order valence-corrected chi connectivity index (χ1v) is 8.61. The van der Waals surface area contributed by atoms with E-state index >= 15 is 0 Å². The van der Waals surface area contributed by atoms with E-state index in [0.717, 1.165) is 22.2 Å². The third kappa shape index (κ3) is 5.62. The van der Waals surface area contributed by atoms with Gasteiger partial charge in [0.2, 0.25) is 0 Å². The molecule has 25 heavy (non-hydrogen) atoms. The van der Waals surface area contributed by atoms with Crippen molar-refractivity contribution in [2.75, 3.05) is 18.4 Å². The highest BCUT2D eigenvalue weighted by Crippen LogP contribution is 2.19. The second-order valence-corrected chi connectivity index (χ2v) is 6.02. The number of anilines is 1. The Morgan fingerprint density at radius 1 is 1.20 bits per heavy atom. The Hall–Kier alpha value is -2.85. The average Bonchev–Trinajstić information content (AvgIpc) is 2.64. The van der Waals surface area contributed by atoms with Crippen LogP contribution in [-0.2, 0) is 16.0 Å². The molecular weight excluding hydrogens is 336 g/mol. The van der Waals surface area contributed by atoms with E-state index in [2.05, 4.69) is 10.3 Å². The predicted octanol–water partition coefficient (Wildman–Crippen LogP) is 2.68. The van der Waals surface area contributed by atoms with Crippen LogP contribution in [0.1, 0.15) is 12.5 Å². The lowest BCUT2D eigenvalue weighted by atomic mass is 10.2. The minimum atomic E-state index is -0.669. The number of aromatic nitrogens is 1. The van der Waals surface area contributed by atoms with Gasteiger partial charge in [0.1, 0.15) is 5.40 Å². The standard InChI is InChI=1S/C18H18N4O2S/c1-2-22(12-9-14-7-10-20-11-8-14)18(24)17(23)21-15-3-5-16(6-4-15)25-13-19/h3-8,10-11H,2,9,12H2,1H3,(H,21,23). The molecule has 0 saturated carbocycles. The van der Waals surface area contributed by atoms with E-state index in [4.69, 9.17) is 5.26 Å². The van der Waals surface area contributed by atoms with Crippen molar-refractivity contribution in [3.8, 4) is 5.40 Å². The molecule has 6 nitrogen and oxygen atoms in total. The molecule has 0 aliphatic carbocycles. The summed E-state index contributed by atoms with van der Waals surface area (Å²) in [6.45, 7) is 2.76. The van der Waals surface area contributed by atoms with Crippen LogP contribution in [0.2, 0.25) is 0 Å². The van der Waals surface area contributed by atoms with Crippen LogP contribution in [0.25, 0.3) is 0 Å². The fourth-order valence-corrected chi connectivity index (χ4v) is 2.58. The molecule has 1 N–H and O–H groups in total. The van der Waals surface area contributed by atoms with Gasteiger partial charge in [-0.25, -0.2) is 0 Å². The third-order valence-corrected chi connectivity index (χ3v) is 4.16. The van der Waals surface area contributed by atoms with Crippen LogP contribution >= 0.6 is 11.8 Å². The normalized spacial score (nSPS) is 9.92. The Morgan fingerprint density at radius 2 is 1.88 bits per heavy atom. The number of carbonyl (C=O) groups excluding carboxylic acids is 2. The van der Waals surface area contributed by atoms with Gasteiger partial charge in [-0.2, -0.15) is 5.26 Å². The average molecular weight is 354 g/mol. The monoisotopic (exact) mass is 354 g/mol. The van der Waals surface area contributed by atoms with Gasteiger partial charge in [-0.05, 0) is 67.1 Å². The summed E-state index contributed by atoms with van der Waals surface area (Å²) < 4.78 is 0. The number of nitrogens with zero attached hydrogens (tertiary/aromatic N) is 3. The molecule has 0 saturated heterocycles. The van der Waals surface area contributed by atoms with Gasteiger partial charge in [-0.1, -0.05) is 0 Å². The highest BCUT2D eigenvalue weighted by atomic mass is 32.2. The van der Waals surface area contributed by atoms with E-state index in [1.807, 2.05) is 24.5 Å². The number of thiocyanates is 1. The first-order valence-electron chi connectivity index (χ1n) is 7.79. The summed E-state index contributed by atoms with van der Waals surface area (Å²) in [5.41, 5.74) is 1.58. The zero-order valence-electron chi connectivity index (χ0n) is 13.8. The van der Waals surface area contributed by atoms with Gasteiger partial charge in [0, 0.05) is 36.1 Å². The quantitative estimate of drug-likeness (QED) is 0.490. The molecule has 0 bridgehead atoms. The van der Waals surface area contributed by atoms with E-state index < -0.39 is 11.8 Å². The number of thioether (sulfide) groups is 1. The van der Waals surface area contributed by atoms with Gasteiger partial charge in [0.25, 0.3) is 0 Å². The fourth-order valence-electron chi connectivity index (χ4n) is 2.20. The van der Waals surface area contributed by atoms with Crippen molar-refractivity contribution >= 4 is 29.3 Å². The molecule has 0 atom stereocenters. The van der Waals surface area contributed by atoms with Crippen molar-refractivity contribution in [2.45, 2.75) is 18.2 Å². The van der Waals surface area contributed by atoms with Crippen molar-refractivity contribution in [1.29, 1.82) is 5.26 Å².